The van der Waals surface area contributed by atoms with Crippen molar-refractivity contribution in [1.29, 1.82) is 0 Å². The van der Waals surface area contributed by atoms with Crippen LogP contribution < -0.4 is 5.32 Å². The number of hydrogen-bond donors (Lipinski definition) is 1. The van der Waals surface area contributed by atoms with Crippen molar-refractivity contribution in [1.82, 2.24) is 15.4 Å². The maximum atomic E-state index is 12.2. The molecule has 2 amide bonds. The Morgan fingerprint density at radius 1 is 1.58 bits per heavy atom. The highest BCUT2D eigenvalue weighted by molar-refractivity contribution is 5.92. The minimum Gasteiger partial charge on any atom is -0.361 e. The number of carbonyl (C=O) groups excluding carboxylic acids is 2. The zero-order valence-electron chi connectivity index (χ0n) is 11.3. The predicted octanol–water partition coefficient (Wildman–Crippen LogP) is 0.978. The van der Waals surface area contributed by atoms with Crippen LogP contribution in [0.1, 0.15) is 42.9 Å². The minimum atomic E-state index is -0.126. The number of carbonyl (C=O) groups is 2. The molecular formula is C13H19N3O3. The van der Waals surface area contributed by atoms with Gasteiger partial charge < -0.3 is 14.7 Å². The SMILES string of the molecule is CCCc1cc(C(=O)N2CC[C@@H](NC(C)=O)C2)no1. The third-order valence-electron chi connectivity index (χ3n) is 3.16. The Morgan fingerprint density at radius 3 is 3.05 bits per heavy atom. The highest BCUT2D eigenvalue weighted by atomic mass is 16.5. The molecule has 0 bridgehead atoms. The van der Waals surface area contributed by atoms with Gasteiger partial charge in [0.1, 0.15) is 5.76 Å². The van der Waals surface area contributed by atoms with Crippen LogP contribution in [0, 0.1) is 0 Å². The Morgan fingerprint density at radius 2 is 2.37 bits per heavy atom. The summed E-state index contributed by atoms with van der Waals surface area (Å²) in [4.78, 5) is 24.9. The van der Waals surface area contributed by atoms with Crippen LogP contribution in [0.2, 0.25) is 0 Å². The summed E-state index contributed by atoms with van der Waals surface area (Å²) in [6.07, 6.45) is 2.52. The number of amides is 2. The number of hydrogen-bond acceptors (Lipinski definition) is 4. The summed E-state index contributed by atoms with van der Waals surface area (Å²) in [6.45, 7) is 4.70. The first-order chi connectivity index (χ1) is 9.10. The van der Waals surface area contributed by atoms with Crippen molar-refractivity contribution < 1.29 is 14.1 Å². The summed E-state index contributed by atoms with van der Waals surface area (Å²) in [5, 5.41) is 6.64. The van der Waals surface area contributed by atoms with E-state index in [9.17, 15) is 9.59 Å². The van der Waals surface area contributed by atoms with Crippen LogP contribution in [-0.4, -0.2) is 41.0 Å². The lowest BCUT2D eigenvalue weighted by molar-refractivity contribution is -0.119. The summed E-state index contributed by atoms with van der Waals surface area (Å²) in [6, 6.07) is 1.75. The van der Waals surface area contributed by atoms with E-state index in [0.717, 1.165) is 25.0 Å². The lowest BCUT2D eigenvalue weighted by Crippen LogP contribution is -2.37. The Bertz CT molecular complexity index is 469. The molecule has 1 atom stereocenters. The fourth-order valence-corrected chi connectivity index (χ4v) is 2.29. The molecule has 0 spiro atoms. The molecule has 0 radical (unpaired) electrons. The lowest BCUT2D eigenvalue weighted by Gasteiger charge is -2.15. The van der Waals surface area contributed by atoms with Gasteiger partial charge in [-0.05, 0) is 12.8 Å². The van der Waals surface area contributed by atoms with Crippen molar-refractivity contribution in [2.75, 3.05) is 13.1 Å². The van der Waals surface area contributed by atoms with Crippen LogP contribution in [0.5, 0.6) is 0 Å². The summed E-state index contributed by atoms with van der Waals surface area (Å²) >= 11 is 0. The third kappa shape index (κ3) is 3.33. The van der Waals surface area contributed by atoms with Gasteiger partial charge in [-0.25, -0.2) is 0 Å². The fourth-order valence-electron chi connectivity index (χ4n) is 2.29. The maximum Gasteiger partial charge on any atom is 0.276 e. The second kappa shape index (κ2) is 5.86. The molecule has 1 aliphatic rings. The minimum absolute atomic E-state index is 0.0449. The maximum absolute atomic E-state index is 12.2. The van der Waals surface area contributed by atoms with Crippen LogP contribution in [0.25, 0.3) is 0 Å². The standard InChI is InChI=1S/C13H19N3O3/c1-3-4-11-7-12(15-19-11)13(18)16-6-5-10(8-16)14-9(2)17/h7,10H,3-6,8H2,1-2H3,(H,14,17)/t10-/m1/s1. The van der Waals surface area contributed by atoms with E-state index in [2.05, 4.69) is 10.5 Å². The lowest BCUT2D eigenvalue weighted by atomic mass is 10.2. The Hall–Kier alpha value is -1.85. The third-order valence-corrected chi connectivity index (χ3v) is 3.16. The molecule has 6 nitrogen and oxygen atoms in total. The average molecular weight is 265 g/mol. The van der Waals surface area contributed by atoms with Crippen LogP contribution in [0.15, 0.2) is 10.6 Å². The highest BCUT2D eigenvalue weighted by Crippen LogP contribution is 2.14. The molecule has 6 heteroatoms. The van der Waals surface area contributed by atoms with E-state index in [1.165, 1.54) is 6.92 Å². The number of likely N-dealkylation sites (tertiary alicyclic amines) is 1. The smallest absolute Gasteiger partial charge is 0.276 e. The van der Waals surface area contributed by atoms with Crippen LogP contribution >= 0.6 is 0 Å². The number of nitrogens with zero attached hydrogens (tertiary/aromatic N) is 2. The number of aryl methyl sites for hydroxylation is 1. The zero-order chi connectivity index (χ0) is 13.8. The molecule has 0 aliphatic carbocycles. The Balaban J connectivity index is 1.94. The molecule has 2 rings (SSSR count). The van der Waals surface area contributed by atoms with Crippen molar-refractivity contribution in [3.8, 4) is 0 Å². The van der Waals surface area contributed by atoms with Crippen LogP contribution in [0.4, 0.5) is 0 Å². The van der Waals surface area contributed by atoms with E-state index < -0.39 is 0 Å². The second-order valence-electron chi connectivity index (χ2n) is 4.87. The van der Waals surface area contributed by atoms with Gasteiger partial charge in [0.05, 0.1) is 0 Å². The molecule has 0 aromatic carbocycles. The molecule has 1 aliphatic heterocycles. The molecular weight excluding hydrogens is 246 g/mol. The van der Waals surface area contributed by atoms with Gasteiger partial charge in [0, 0.05) is 38.5 Å². The molecule has 0 saturated carbocycles. The molecule has 1 aromatic rings. The molecule has 19 heavy (non-hydrogen) atoms. The quantitative estimate of drug-likeness (QED) is 0.880. The van der Waals surface area contributed by atoms with Crippen molar-refractivity contribution in [3.63, 3.8) is 0 Å². The Labute approximate surface area is 112 Å². The first kappa shape index (κ1) is 13.6. The Kier molecular flexibility index (Phi) is 4.19. The molecule has 1 aromatic heterocycles. The van der Waals surface area contributed by atoms with E-state index in [-0.39, 0.29) is 17.9 Å². The van der Waals surface area contributed by atoms with Gasteiger partial charge in [-0.3, -0.25) is 9.59 Å². The monoisotopic (exact) mass is 265 g/mol. The van der Waals surface area contributed by atoms with Gasteiger partial charge in [0.25, 0.3) is 5.91 Å². The van der Waals surface area contributed by atoms with Crippen molar-refractivity contribution in [3.05, 3.63) is 17.5 Å². The molecule has 2 heterocycles. The van der Waals surface area contributed by atoms with E-state index in [1.807, 2.05) is 6.92 Å². The van der Waals surface area contributed by atoms with Crippen molar-refractivity contribution in [2.45, 2.75) is 39.2 Å². The van der Waals surface area contributed by atoms with Gasteiger partial charge >= 0.3 is 0 Å². The second-order valence-corrected chi connectivity index (χ2v) is 4.87. The van der Waals surface area contributed by atoms with Crippen LogP contribution in [-0.2, 0) is 11.2 Å². The topological polar surface area (TPSA) is 75.4 Å². The van der Waals surface area contributed by atoms with E-state index in [1.54, 1.807) is 11.0 Å². The number of rotatable bonds is 4. The number of nitrogens with one attached hydrogen (secondary N) is 1. The molecule has 1 saturated heterocycles. The van der Waals surface area contributed by atoms with Crippen LogP contribution in [0.3, 0.4) is 0 Å². The first-order valence-electron chi connectivity index (χ1n) is 6.62. The molecule has 104 valence electrons. The number of aromatic nitrogens is 1. The average Bonchev–Trinajstić information content (AvgIpc) is 2.97. The van der Waals surface area contributed by atoms with Gasteiger partial charge in [-0.1, -0.05) is 12.1 Å². The molecule has 1 fully saturated rings. The summed E-state index contributed by atoms with van der Waals surface area (Å²) in [5.74, 6) is 0.549. The van der Waals surface area contributed by atoms with Gasteiger partial charge in [0.2, 0.25) is 5.91 Å². The van der Waals surface area contributed by atoms with Crippen molar-refractivity contribution in [2.24, 2.45) is 0 Å². The normalized spacial score (nSPS) is 18.6. The first-order valence-corrected chi connectivity index (χ1v) is 6.62. The largest absolute Gasteiger partial charge is 0.361 e. The van der Waals surface area contributed by atoms with Gasteiger partial charge in [-0.2, -0.15) is 0 Å². The highest BCUT2D eigenvalue weighted by Gasteiger charge is 2.28. The predicted molar refractivity (Wildman–Crippen MR) is 68.6 cm³/mol. The van der Waals surface area contributed by atoms with E-state index >= 15 is 0 Å². The molecule has 1 N–H and O–H groups in total. The van der Waals surface area contributed by atoms with Gasteiger partial charge in [0.15, 0.2) is 5.69 Å². The summed E-state index contributed by atoms with van der Waals surface area (Å²) in [7, 11) is 0. The van der Waals surface area contributed by atoms with E-state index in [4.69, 9.17) is 4.52 Å². The van der Waals surface area contributed by atoms with Crippen molar-refractivity contribution >= 4 is 11.8 Å². The zero-order valence-corrected chi connectivity index (χ0v) is 11.3. The fraction of sp³-hybridized carbons (Fsp3) is 0.615. The molecule has 0 unspecified atom stereocenters. The van der Waals surface area contributed by atoms with Gasteiger partial charge in [-0.15, -0.1) is 0 Å². The summed E-state index contributed by atoms with van der Waals surface area (Å²) in [5.41, 5.74) is 0.354. The van der Waals surface area contributed by atoms with E-state index in [0.29, 0.717) is 18.8 Å². The summed E-state index contributed by atoms with van der Waals surface area (Å²) < 4.78 is 5.11.